The molecule has 0 bridgehead atoms. The van der Waals surface area contributed by atoms with E-state index < -0.39 is 0 Å². The molecule has 0 saturated carbocycles. The van der Waals surface area contributed by atoms with Crippen LogP contribution in [-0.2, 0) is 0 Å². The van der Waals surface area contributed by atoms with Crippen molar-refractivity contribution in [2.45, 2.75) is 5.03 Å². The largest absolute Gasteiger partial charge is 0.350 e. The topological polar surface area (TPSA) is 88.0 Å². The molecule has 2 N–H and O–H groups in total. The fourth-order valence-electron chi connectivity index (χ4n) is 2.37. The standard InChI is InChI=1S/C16H14N6OS2/c23-15(17-6-7-24-14-8-18-21-20-14)13-10-25-16-19-12(9-22(13)16)11-4-2-1-3-5-11/h1-5,8-10H,6-7H2,(H,17,23)(H,18,20,21). The first-order chi connectivity index (χ1) is 12.3. The van der Waals surface area contributed by atoms with Crippen molar-refractivity contribution in [1.82, 2.24) is 30.1 Å². The second kappa shape index (κ2) is 7.08. The number of nitrogens with one attached hydrogen (secondary N) is 2. The smallest absolute Gasteiger partial charge is 0.269 e. The number of rotatable bonds is 6. The molecule has 0 saturated heterocycles. The number of H-pyrrole nitrogens is 1. The summed E-state index contributed by atoms with van der Waals surface area (Å²) in [7, 11) is 0. The van der Waals surface area contributed by atoms with Gasteiger partial charge in [-0.3, -0.25) is 9.20 Å². The molecule has 0 fully saturated rings. The molecule has 0 spiro atoms. The van der Waals surface area contributed by atoms with E-state index in [0.717, 1.165) is 27.0 Å². The summed E-state index contributed by atoms with van der Waals surface area (Å²) in [6, 6.07) is 9.93. The monoisotopic (exact) mass is 370 g/mol. The van der Waals surface area contributed by atoms with Crippen molar-refractivity contribution >= 4 is 34.0 Å². The molecule has 4 rings (SSSR count). The molecule has 9 heteroatoms. The summed E-state index contributed by atoms with van der Waals surface area (Å²) in [5, 5.41) is 15.8. The Labute approximate surface area is 151 Å². The summed E-state index contributed by atoms with van der Waals surface area (Å²) >= 11 is 2.99. The van der Waals surface area contributed by atoms with Crippen molar-refractivity contribution < 1.29 is 4.79 Å². The molecule has 1 aromatic carbocycles. The highest BCUT2D eigenvalue weighted by Crippen LogP contribution is 2.23. The van der Waals surface area contributed by atoms with Gasteiger partial charge in [0.05, 0.1) is 11.9 Å². The second-order valence-corrected chi connectivity index (χ2v) is 7.13. The fourth-order valence-corrected chi connectivity index (χ4v) is 3.87. The SMILES string of the molecule is O=C(NCCSc1cn[nH]n1)c1csc2nc(-c3ccccc3)cn12. The van der Waals surface area contributed by atoms with Crippen LogP contribution in [0, 0.1) is 0 Å². The summed E-state index contributed by atoms with van der Waals surface area (Å²) < 4.78 is 1.84. The summed E-state index contributed by atoms with van der Waals surface area (Å²) in [6.45, 7) is 0.550. The lowest BCUT2D eigenvalue weighted by Gasteiger charge is -2.03. The van der Waals surface area contributed by atoms with E-state index in [2.05, 4.69) is 25.7 Å². The van der Waals surface area contributed by atoms with E-state index in [1.807, 2.05) is 46.3 Å². The minimum atomic E-state index is -0.107. The summed E-state index contributed by atoms with van der Waals surface area (Å²) in [5.41, 5.74) is 2.50. The van der Waals surface area contributed by atoms with Gasteiger partial charge in [0.15, 0.2) is 4.96 Å². The highest BCUT2D eigenvalue weighted by molar-refractivity contribution is 7.99. The number of carbonyl (C=O) groups is 1. The van der Waals surface area contributed by atoms with E-state index in [0.29, 0.717) is 12.2 Å². The normalized spacial score (nSPS) is 11.0. The summed E-state index contributed by atoms with van der Waals surface area (Å²) in [6.07, 6.45) is 3.56. The molecule has 25 heavy (non-hydrogen) atoms. The van der Waals surface area contributed by atoms with Gasteiger partial charge in [0.25, 0.3) is 5.91 Å². The first-order valence-electron chi connectivity index (χ1n) is 7.60. The van der Waals surface area contributed by atoms with Crippen molar-refractivity contribution in [3.8, 4) is 11.3 Å². The van der Waals surface area contributed by atoms with Crippen LogP contribution in [0.3, 0.4) is 0 Å². The van der Waals surface area contributed by atoms with E-state index >= 15 is 0 Å². The zero-order valence-electron chi connectivity index (χ0n) is 13.0. The molecule has 3 heterocycles. The molecule has 0 radical (unpaired) electrons. The lowest BCUT2D eigenvalue weighted by Crippen LogP contribution is -2.26. The van der Waals surface area contributed by atoms with Gasteiger partial charge in [-0.1, -0.05) is 30.3 Å². The lowest BCUT2D eigenvalue weighted by molar-refractivity contribution is 0.0950. The lowest BCUT2D eigenvalue weighted by atomic mass is 10.2. The van der Waals surface area contributed by atoms with E-state index in [1.165, 1.54) is 23.1 Å². The molecular weight excluding hydrogens is 356 g/mol. The third-order valence-corrected chi connectivity index (χ3v) is 5.28. The fraction of sp³-hybridized carbons (Fsp3) is 0.125. The number of benzene rings is 1. The molecule has 0 aliphatic carbocycles. The number of aromatic amines is 1. The minimum absolute atomic E-state index is 0.107. The average molecular weight is 370 g/mol. The Morgan fingerprint density at radius 3 is 3.00 bits per heavy atom. The van der Waals surface area contributed by atoms with Gasteiger partial charge in [-0.2, -0.15) is 10.3 Å². The third-order valence-electron chi connectivity index (χ3n) is 3.54. The number of imidazole rings is 1. The molecule has 0 aliphatic rings. The van der Waals surface area contributed by atoms with Crippen molar-refractivity contribution in [2.24, 2.45) is 0 Å². The maximum absolute atomic E-state index is 12.4. The number of thioether (sulfide) groups is 1. The molecule has 1 amide bonds. The van der Waals surface area contributed by atoms with E-state index in [1.54, 1.807) is 6.20 Å². The van der Waals surface area contributed by atoms with Crippen LogP contribution in [0.5, 0.6) is 0 Å². The number of thiazole rings is 1. The van der Waals surface area contributed by atoms with Gasteiger partial charge in [0.1, 0.15) is 10.7 Å². The van der Waals surface area contributed by atoms with E-state index in [9.17, 15) is 4.79 Å². The minimum Gasteiger partial charge on any atom is -0.350 e. The molecular formula is C16H14N6OS2. The Balaban J connectivity index is 1.43. The zero-order valence-corrected chi connectivity index (χ0v) is 14.7. The van der Waals surface area contributed by atoms with Crippen molar-refractivity contribution in [3.63, 3.8) is 0 Å². The van der Waals surface area contributed by atoms with Gasteiger partial charge in [0, 0.05) is 29.4 Å². The van der Waals surface area contributed by atoms with Crippen LogP contribution < -0.4 is 5.32 Å². The highest BCUT2D eigenvalue weighted by Gasteiger charge is 2.14. The Morgan fingerprint density at radius 1 is 1.32 bits per heavy atom. The van der Waals surface area contributed by atoms with Crippen LogP contribution in [-0.4, -0.2) is 43.0 Å². The number of amides is 1. The quantitative estimate of drug-likeness (QED) is 0.402. The first-order valence-corrected chi connectivity index (χ1v) is 9.46. The summed E-state index contributed by atoms with van der Waals surface area (Å²) in [4.78, 5) is 17.8. The van der Waals surface area contributed by atoms with Crippen LogP contribution in [0.1, 0.15) is 10.5 Å². The number of hydrogen-bond acceptors (Lipinski definition) is 6. The van der Waals surface area contributed by atoms with E-state index in [4.69, 9.17) is 0 Å². The number of nitrogens with zero attached hydrogens (tertiary/aromatic N) is 4. The number of aromatic nitrogens is 5. The van der Waals surface area contributed by atoms with Gasteiger partial charge >= 0.3 is 0 Å². The Morgan fingerprint density at radius 2 is 2.20 bits per heavy atom. The predicted octanol–water partition coefficient (Wildman–Crippen LogP) is 2.70. The Bertz CT molecular complexity index is 977. The van der Waals surface area contributed by atoms with Crippen molar-refractivity contribution in [3.05, 3.63) is 53.8 Å². The van der Waals surface area contributed by atoms with Crippen molar-refractivity contribution in [2.75, 3.05) is 12.3 Å². The Kier molecular flexibility index (Phi) is 4.49. The molecule has 0 aliphatic heterocycles. The number of fused-ring (bicyclic) bond motifs is 1. The molecule has 7 nitrogen and oxygen atoms in total. The number of carbonyl (C=O) groups excluding carboxylic acids is 1. The second-order valence-electron chi connectivity index (χ2n) is 5.18. The van der Waals surface area contributed by atoms with Gasteiger partial charge in [0.2, 0.25) is 0 Å². The maximum Gasteiger partial charge on any atom is 0.269 e. The van der Waals surface area contributed by atoms with Crippen molar-refractivity contribution in [1.29, 1.82) is 0 Å². The van der Waals surface area contributed by atoms with Gasteiger partial charge in [-0.05, 0) is 0 Å². The van der Waals surface area contributed by atoms with Gasteiger partial charge in [-0.15, -0.1) is 28.2 Å². The average Bonchev–Trinajstić information content (AvgIpc) is 3.36. The van der Waals surface area contributed by atoms with Crippen LogP contribution in [0.4, 0.5) is 0 Å². The van der Waals surface area contributed by atoms with Gasteiger partial charge in [-0.25, -0.2) is 4.98 Å². The third kappa shape index (κ3) is 3.42. The van der Waals surface area contributed by atoms with Crippen LogP contribution >= 0.6 is 23.1 Å². The van der Waals surface area contributed by atoms with Gasteiger partial charge < -0.3 is 5.32 Å². The molecule has 4 aromatic rings. The maximum atomic E-state index is 12.4. The summed E-state index contributed by atoms with van der Waals surface area (Å²) in [5.74, 6) is 0.620. The predicted molar refractivity (Wildman–Crippen MR) is 97.9 cm³/mol. The Hall–Kier alpha value is -2.65. The molecule has 0 unspecified atom stereocenters. The number of hydrogen-bond donors (Lipinski definition) is 2. The highest BCUT2D eigenvalue weighted by atomic mass is 32.2. The first kappa shape index (κ1) is 15.9. The molecule has 126 valence electrons. The molecule has 3 aromatic heterocycles. The van der Waals surface area contributed by atoms with E-state index in [-0.39, 0.29) is 5.91 Å². The van der Waals surface area contributed by atoms with Crippen LogP contribution in [0.25, 0.3) is 16.2 Å². The molecule has 0 atom stereocenters. The van der Waals surface area contributed by atoms with Crippen LogP contribution in [0.2, 0.25) is 0 Å². The van der Waals surface area contributed by atoms with Crippen LogP contribution in [0.15, 0.2) is 53.1 Å². The zero-order chi connectivity index (χ0) is 17.1.